The van der Waals surface area contributed by atoms with Gasteiger partial charge >= 0.3 is 11.9 Å². The Labute approximate surface area is 97.3 Å². The van der Waals surface area contributed by atoms with Crippen molar-refractivity contribution in [2.24, 2.45) is 5.92 Å². The zero-order valence-electron chi connectivity index (χ0n) is 9.60. The molecule has 1 saturated carbocycles. The lowest BCUT2D eigenvalue weighted by Crippen LogP contribution is -2.71. The molecular weight excluding hydrogens is 235 g/mol. The third-order valence-corrected chi connectivity index (χ3v) is 2.78. The molecule has 0 bridgehead atoms. The van der Waals surface area contributed by atoms with E-state index in [1.54, 1.807) is 13.8 Å². The summed E-state index contributed by atoms with van der Waals surface area (Å²) in [6.07, 6.45) is -0.617. The van der Waals surface area contributed by atoms with Gasteiger partial charge in [0.1, 0.15) is 0 Å². The minimum atomic E-state index is -2.84. The number of halogens is 1. The molecule has 0 aromatic carbocycles. The van der Waals surface area contributed by atoms with Crippen molar-refractivity contribution < 1.29 is 33.7 Å². The molecule has 7 heteroatoms. The van der Waals surface area contributed by atoms with Crippen LogP contribution in [-0.4, -0.2) is 46.8 Å². The fraction of sp³-hybridized carbons (Fsp3) is 0.800. The Hall–Kier alpha value is -1.21. The standard InChI is InChI=1S/C10H15FO6/c1-3-16-10(17-4-2)5-9(11,8(14)15)6(10)7(12)13/h6H,3-5H2,1-2H3,(H,12,13)(H,14,15)/t6?,9-/m0/s1. The predicted octanol–water partition coefficient (Wildman–Crippen LogP) is 0.653. The fourth-order valence-corrected chi connectivity index (χ4v) is 2.16. The highest BCUT2D eigenvalue weighted by molar-refractivity contribution is 5.89. The molecule has 6 nitrogen and oxygen atoms in total. The molecule has 0 radical (unpaired) electrons. The Bertz CT molecular complexity index is 325. The second-order valence-corrected chi connectivity index (χ2v) is 3.79. The molecule has 0 aromatic rings. The Balaban J connectivity index is 3.03. The highest BCUT2D eigenvalue weighted by Gasteiger charge is 2.74. The van der Waals surface area contributed by atoms with Gasteiger partial charge in [-0.15, -0.1) is 0 Å². The van der Waals surface area contributed by atoms with E-state index in [0.717, 1.165) is 0 Å². The van der Waals surface area contributed by atoms with E-state index in [1.807, 2.05) is 0 Å². The Kier molecular flexibility index (Phi) is 3.73. The van der Waals surface area contributed by atoms with Crippen LogP contribution in [0.15, 0.2) is 0 Å². The first-order valence-electron chi connectivity index (χ1n) is 5.27. The van der Waals surface area contributed by atoms with Crippen LogP contribution in [-0.2, 0) is 19.1 Å². The largest absolute Gasteiger partial charge is 0.481 e. The summed E-state index contributed by atoms with van der Waals surface area (Å²) in [6, 6.07) is 0. The molecule has 17 heavy (non-hydrogen) atoms. The second kappa shape index (κ2) is 4.58. The normalized spacial score (nSPS) is 30.6. The Morgan fingerprint density at radius 3 is 2.06 bits per heavy atom. The maximum absolute atomic E-state index is 13.9. The van der Waals surface area contributed by atoms with E-state index in [9.17, 15) is 14.0 Å². The minimum absolute atomic E-state index is 0.111. The first-order chi connectivity index (χ1) is 7.84. The van der Waals surface area contributed by atoms with Gasteiger partial charge in [-0.25, -0.2) is 9.18 Å². The summed E-state index contributed by atoms with van der Waals surface area (Å²) in [5.41, 5.74) is -2.84. The Morgan fingerprint density at radius 1 is 1.29 bits per heavy atom. The van der Waals surface area contributed by atoms with Gasteiger partial charge in [0, 0.05) is 19.6 Å². The van der Waals surface area contributed by atoms with Crippen LogP contribution in [0, 0.1) is 5.92 Å². The summed E-state index contributed by atoms with van der Waals surface area (Å²) in [6.45, 7) is 3.41. The molecule has 2 atom stereocenters. The average Bonchev–Trinajstić information content (AvgIpc) is 2.15. The number of rotatable bonds is 6. The molecule has 0 aliphatic heterocycles. The maximum atomic E-state index is 13.9. The lowest BCUT2D eigenvalue weighted by atomic mass is 9.65. The molecule has 1 fully saturated rings. The maximum Gasteiger partial charge on any atom is 0.342 e. The molecule has 1 aliphatic carbocycles. The molecule has 0 aromatic heterocycles. The summed E-state index contributed by atoms with van der Waals surface area (Å²) in [7, 11) is 0. The van der Waals surface area contributed by atoms with Crippen LogP contribution in [0.1, 0.15) is 20.3 Å². The third kappa shape index (κ3) is 2.00. The van der Waals surface area contributed by atoms with Gasteiger partial charge in [-0.2, -0.15) is 0 Å². The zero-order valence-corrected chi connectivity index (χ0v) is 9.60. The van der Waals surface area contributed by atoms with Crippen molar-refractivity contribution in [1.29, 1.82) is 0 Å². The first-order valence-corrected chi connectivity index (χ1v) is 5.27. The van der Waals surface area contributed by atoms with E-state index in [0.29, 0.717) is 0 Å². The third-order valence-electron chi connectivity index (χ3n) is 2.78. The highest BCUT2D eigenvalue weighted by atomic mass is 19.1. The lowest BCUT2D eigenvalue weighted by Gasteiger charge is -2.52. The number of carbonyl (C=O) groups is 2. The van der Waals surface area contributed by atoms with Crippen molar-refractivity contribution in [3.63, 3.8) is 0 Å². The van der Waals surface area contributed by atoms with Crippen LogP contribution < -0.4 is 0 Å². The quantitative estimate of drug-likeness (QED) is 0.672. The summed E-state index contributed by atoms with van der Waals surface area (Å²) < 4.78 is 24.2. The van der Waals surface area contributed by atoms with Crippen molar-refractivity contribution in [1.82, 2.24) is 0 Å². The molecular formula is C10H15FO6. The number of hydrogen-bond acceptors (Lipinski definition) is 4. The van der Waals surface area contributed by atoms with Crippen LogP contribution in [0.3, 0.4) is 0 Å². The SMILES string of the molecule is CCOC1(OCC)C[C@@](F)(C(=O)O)C1C(=O)O. The zero-order chi connectivity index (χ0) is 13.3. The minimum Gasteiger partial charge on any atom is -0.481 e. The molecule has 98 valence electrons. The van der Waals surface area contributed by atoms with Crippen molar-refractivity contribution in [3.05, 3.63) is 0 Å². The molecule has 2 N–H and O–H groups in total. The predicted molar refractivity (Wildman–Crippen MR) is 53.2 cm³/mol. The van der Waals surface area contributed by atoms with E-state index >= 15 is 0 Å². The average molecular weight is 250 g/mol. The van der Waals surface area contributed by atoms with Gasteiger partial charge in [-0.3, -0.25) is 4.79 Å². The number of carboxylic acid groups (broad SMARTS) is 2. The number of ether oxygens (including phenoxy) is 2. The van der Waals surface area contributed by atoms with Crippen LogP contribution >= 0.6 is 0 Å². The Morgan fingerprint density at radius 2 is 1.76 bits per heavy atom. The molecule has 0 saturated heterocycles. The van der Waals surface area contributed by atoms with Gasteiger partial charge < -0.3 is 19.7 Å². The van der Waals surface area contributed by atoms with Crippen molar-refractivity contribution in [2.75, 3.05) is 13.2 Å². The van der Waals surface area contributed by atoms with Gasteiger partial charge in [0.25, 0.3) is 0 Å². The molecule has 1 unspecified atom stereocenters. The molecule has 0 spiro atoms. The van der Waals surface area contributed by atoms with Gasteiger partial charge in [-0.1, -0.05) is 0 Å². The van der Waals surface area contributed by atoms with Crippen molar-refractivity contribution in [2.45, 2.75) is 31.7 Å². The lowest BCUT2D eigenvalue weighted by molar-refractivity contribution is -0.344. The molecule has 1 rings (SSSR count). The molecule has 1 aliphatic rings. The van der Waals surface area contributed by atoms with Crippen LogP contribution in [0.4, 0.5) is 4.39 Å². The van der Waals surface area contributed by atoms with Crippen LogP contribution in [0.2, 0.25) is 0 Å². The second-order valence-electron chi connectivity index (χ2n) is 3.79. The summed E-state index contributed by atoms with van der Waals surface area (Å²) in [4.78, 5) is 21.8. The first kappa shape index (κ1) is 13.9. The summed E-state index contributed by atoms with van der Waals surface area (Å²) in [5, 5.41) is 17.7. The number of aliphatic carboxylic acids is 2. The monoisotopic (exact) mass is 250 g/mol. The number of carboxylic acids is 2. The van der Waals surface area contributed by atoms with Crippen LogP contribution in [0.25, 0.3) is 0 Å². The van der Waals surface area contributed by atoms with Gasteiger partial charge in [-0.05, 0) is 13.8 Å². The van der Waals surface area contributed by atoms with E-state index in [2.05, 4.69) is 0 Å². The van der Waals surface area contributed by atoms with Crippen molar-refractivity contribution >= 4 is 11.9 Å². The van der Waals surface area contributed by atoms with E-state index < -0.39 is 35.7 Å². The van der Waals surface area contributed by atoms with Gasteiger partial charge in [0.05, 0.1) is 0 Å². The molecule has 0 heterocycles. The number of alkyl halides is 1. The van der Waals surface area contributed by atoms with Crippen molar-refractivity contribution in [3.8, 4) is 0 Å². The molecule has 0 amide bonds. The highest BCUT2D eigenvalue weighted by Crippen LogP contribution is 2.53. The van der Waals surface area contributed by atoms with E-state index in [-0.39, 0.29) is 13.2 Å². The fourth-order valence-electron chi connectivity index (χ4n) is 2.16. The van der Waals surface area contributed by atoms with Gasteiger partial charge in [0.15, 0.2) is 11.7 Å². The topological polar surface area (TPSA) is 93.1 Å². The smallest absolute Gasteiger partial charge is 0.342 e. The van der Waals surface area contributed by atoms with E-state index in [1.165, 1.54) is 0 Å². The van der Waals surface area contributed by atoms with E-state index in [4.69, 9.17) is 19.7 Å². The van der Waals surface area contributed by atoms with Crippen LogP contribution in [0.5, 0.6) is 0 Å². The number of hydrogen-bond donors (Lipinski definition) is 2. The summed E-state index contributed by atoms with van der Waals surface area (Å²) in [5.74, 6) is -6.92. The summed E-state index contributed by atoms with van der Waals surface area (Å²) >= 11 is 0. The van der Waals surface area contributed by atoms with Gasteiger partial charge in [0.2, 0.25) is 5.67 Å².